The van der Waals surface area contributed by atoms with Crippen molar-refractivity contribution in [3.05, 3.63) is 34.3 Å². The molecule has 0 unspecified atom stereocenters. The maximum absolute atomic E-state index is 14.5. The molecule has 1 heterocycles. The second-order valence-electron chi connectivity index (χ2n) is 7.58. The van der Waals surface area contributed by atoms with E-state index in [0.717, 1.165) is 0 Å². The van der Waals surface area contributed by atoms with Crippen LogP contribution in [0.2, 0.25) is 0 Å². The SMILES string of the molecule is CC(C)(F)C[C@@H]1N[C@@](c2ccc(Br)cc2)(C(F)(F)F)C#CCSC[C@@H](CO)NC1=O. The van der Waals surface area contributed by atoms with Gasteiger partial charge in [-0.3, -0.25) is 10.1 Å². The van der Waals surface area contributed by atoms with Gasteiger partial charge in [-0.05, 0) is 31.5 Å². The summed E-state index contributed by atoms with van der Waals surface area (Å²) in [4.78, 5) is 12.8. The van der Waals surface area contributed by atoms with Crippen LogP contribution in [0.1, 0.15) is 25.8 Å². The lowest BCUT2D eigenvalue weighted by molar-refractivity contribution is -0.185. The highest BCUT2D eigenvalue weighted by molar-refractivity contribution is 9.10. The Morgan fingerprint density at radius 1 is 1.27 bits per heavy atom. The molecule has 4 nitrogen and oxygen atoms in total. The van der Waals surface area contributed by atoms with Crippen LogP contribution in [0.25, 0.3) is 0 Å². The number of carbonyl (C=O) groups excluding carboxylic acids is 1. The summed E-state index contributed by atoms with van der Waals surface area (Å²) in [6.45, 7) is 1.98. The molecular weight excluding hydrogens is 488 g/mol. The molecule has 2 rings (SSSR count). The summed E-state index contributed by atoms with van der Waals surface area (Å²) in [6.07, 6.45) is -5.41. The van der Waals surface area contributed by atoms with Gasteiger partial charge < -0.3 is 10.4 Å². The van der Waals surface area contributed by atoms with Crippen molar-refractivity contribution in [2.45, 2.75) is 49.7 Å². The zero-order valence-electron chi connectivity index (χ0n) is 16.4. The van der Waals surface area contributed by atoms with Crippen molar-refractivity contribution in [3.63, 3.8) is 0 Å². The molecule has 0 saturated heterocycles. The van der Waals surface area contributed by atoms with E-state index in [0.29, 0.717) is 4.47 Å². The molecule has 1 aromatic rings. The number of hydrogen-bond acceptors (Lipinski definition) is 4. The molecule has 0 bridgehead atoms. The third kappa shape index (κ3) is 6.36. The summed E-state index contributed by atoms with van der Waals surface area (Å²) in [6, 6.07) is 3.20. The van der Waals surface area contributed by atoms with Gasteiger partial charge in [-0.1, -0.05) is 39.9 Å². The van der Waals surface area contributed by atoms with Crippen molar-refractivity contribution in [1.29, 1.82) is 0 Å². The number of aliphatic hydroxyl groups is 1. The average molecular weight is 511 g/mol. The van der Waals surface area contributed by atoms with Crippen molar-refractivity contribution in [3.8, 4) is 11.8 Å². The summed E-state index contributed by atoms with van der Waals surface area (Å²) in [5, 5.41) is 14.3. The standard InChI is InChI=1S/C20H23BrF4N2O2S/c1-18(2,22)10-16-17(29)26-15(11-28)12-30-9-3-8-19(27-16,20(23,24)25)13-4-6-14(21)7-5-13/h4-7,15-16,27-28H,9-12H2,1-2H3,(H,26,29)/t15-,16+,19+/m1/s1. The summed E-state index contributed by atoms with van der Waals surface area (Å²) >= 11 is 4.39. The molecule has 3 atom stereocenters. The van der Waals surface area contributed by atoms with Gasteiger partial charge in [0.2, 0.25) is 11.4 Å². The van der Waals surface area contributed by atoms with Crippen molar-refractivity contribution >= 4 is 33.6 Å². The fourth-order valence-electron chi connectivity index (χ4n) is 3.03. The molecule has 10 heteroatoms. The molecule has 0 radical (unpaired) electrons. The zero-order valence-corrected chi connectivity index (χ0v) is 18.8. The van der Waals surface area contributed by atoms with E-state index < -0.39 is 48.4 Å². The summed E-state index contributed by atoms with van der Waals surface area (Å²) in [5.41, 5.74) is -5.01. The number of carbonyl (C=O) groups is 1. The molecule has 30 heavy (non-hydrogen) atoms. The molecule has 1 aliphatic rings. The minimum atomic E-state index is -4.90. The van der Waals surface area contributed by atoms with Gasteiger partial charge in [0.1, 0.15) is 5.67 Å². The predicted molar refractivity (Wildman–Crippen MR) is 113 cm³/mol. The Kier molecular flexibility index (Phi) is 8.24. The fraction of sp³-hybridized carbons (Fsp3) is 0.550. The van der Waals surface area contributed by atoms with Crippen molar-refractivity contribution in [2.75, 3.05) is 18.1 Å². The minimum Gasteiger partial charge on any atom is -0.394 e. The molecule has 1 amide bonds. The van der Waals surface area contributed by atoms with E-state index in [2.05, 4.69) is 38.4 Å². The molecule has 0 aliphatic carbocycles. The van der Waals surface area contributed by atoms with Gasteiger partial charge in [-0.15, -0.1) is 11.8 Å². The number of amides is 1. The average Bonchev–Trinajstić information content (AvgIpc) is 2.65. The smallest absolute Gasteiger partial charge is 0.394 e. The monoisotopic (exact) mass is 510 g/mol. The van der Waals surface area contributed by atoms with E-state index in [4.69, 9.17) is 0 Å². The van der Waals surface area contributed by atoms with E-state index in [1.54, 1.807) is 0 Å². The van der Waals surface area contributed by atoms with Crippen LogP contribution in [0.4, 0.5) is 17.6 Å². The Morgan fingerprint density at radius 2 is 1.90 bits per heavy atom. The lowest BCUT2D eigenvalue weighted by Gasteiger charge is -2.37. The second kappa shape index (κ2) is 9.90. The number of alkyl halides is 4. The minimum absolute atomic E-state index is 0.0711. The Morgan fingerprint density at radius 3 is 2.43 bits per heavy atom. The first-order chi connectivity index (χ1) is 13.9. The topological polar surface area (TPSA) is 61.4 Å². The van der Waals surface area contributed by atoms with Gasteiger partial charge >= 0.3 is 6.18 Å². The Bertz CT molecular complexity index is 802. The molecule has 0 fully saturated rings. The lowest BCUT2D eigenvalue weighted by Crippen LogP contribution is -2.61. The molecule has 0 spiro atoms. The number of rotatable bonds is 4. The largest absolute Gasteiger partial charge is 0.422 e. The summed E-state index contributed by atoms with van der Waals surface area (Å²) in [5.74, 6) is 4.34. The van der Waals surface area contributed by atoms with Gasteiger partial charge in [-0.25, -0.2) is 4.39 Å². The van der Waals surface area contributed by atoms with E-state index in [9.17, 15) is 27.5 Å². The van der Waals surface area contributed by atoms with Crippen molar-refractivity contribution in [2.24, 2.45) is 0 Å². The number of nitrogens with one attached hydrogen (secondary N) is 2. The van der Waals surface area contributed by atoms with E-state index in [-0.39, 0.29) is 17.1 Å². The zero-order chi connectivity index (χ0) is 22.6. The fourth-order valence-corrected chi connectivity index (χ4v) is 4.06. The first kappa shape index (κ1) is 25.0. The molecule has 0 aromatic heterocycles. The maximum Gasteiger partial charge on any atom is 0.422 e. The Hall–Kier alpha value is -1.28. The van der Waals surface area contributed by atoms with Crippen molar-refractivity contribution < 1.29 is 27.5 Å². The maximum atomic E-state index is 14.5. The number of aliphatic hydroxyl groups excluding tert-OH is 1. The van der Waals surface area contributed by atoms with Gasteiger partial charge in [0.25, 0.3) is 0 Å². The lowest BCUT2D eigenvalue weighted by atomic mass is 9.87. The number of benzene rings is 1. The Balaban J connectivity index is 2.63. The van der Waals surface area contributed by atoms with Crippen LogP contribution < -0.4 is 10.6 Å². The normalized spacial score (nSPS) is 26.2. The summed E-state index contributed by atoms with van der Waals surface area (Å²) in [7, 11) is 0. The van der Waals surface area contributed by atoms with Gasteiger partial charge in [-0.2, -0.15) is 13.2 Å². The van der Waals surface area contributed by atoms with Gasteiger partial charge in [0, 0.05) is 16.6 Å². The Labute approximate surface area is 185 Å². The van der Waals surface area contributed by atoms with E-state index in [1.165, 1.54) is 49.9 Å². The van der Waals surface area contributed by atoms with Gasteiger partial charge in [0.15, 0.2) is 0 Å². The highest BCUT2D eigenvalue weighted by Gasteiger charge is 2.57. The third-order valence-electron chi connectivity index (χ3n) is 4.44. The third-order valence-corrected chi connectivity index (χ3v) is 5.95. The quantitative estimate of drug-likeness (QED) is 0.428. The van der Waals surface area contributed by atoms with Crippen LogP contribution in [0, 0.1) is 11.8 Å². The predicted octanol–water partition coefficient (Wildman–Crippen LogP) is 3.53. The number of hydrogen-bond donors (Lipinski definition) is 3. The number of thioether (sulfide) groups is 1. The van der Waals surface area contributed by atoms with Gasteiger partial charge in [0.05, 0.1) is 24.4 Å². The van der Waals surface area contributed by atoms with Crippen LogP contribution in [0.5, 0.6) is 0 Å². The van der Waals surface area contributed by atoms with E-state index >= 15 is 0 Å². The van der Waals surface area contributed by atoms with Crippen LogP contribution in [-0.4, -0.2) is 53.1 Å². The molecule has 3 N–H and O–H groups in total. The molecule has 0 saturated carbocycles. The molecule has 166 valence electrons. The van der Waals surface area contributed by atoms with Crippen LogP contribution >= 0.6 is 27.7 Å². The first-order valence-corrected chi connectivity index (χ1v) is 11.1. The molecule has 1 aliphatic heterocycles. The van der Waals surface area contributed by atoms with Crippen LogP contribution in [0.3, 0.4) is 0 Å². The van der Waals surface area contributed by atoms with Crippen molar-refractivity contribution in [1.82, 2.24) is 10.6 Å². The second-order valence-corrected chi connectivity index (χ2v) is 9.53. The highest BCUT2D eigenvalue weighted by atomic mass is 79.9. The van der Waals surface area contributed by atoms with Crippen LogP contribution in [-0.2, 0) is 10.3 Å². The van der Waals surface area contributed by atoms with E-state index in [1.807, 2.05) is 0 Å². The summed E-state index contributed by atoms with van der Waals surface area (Å²) < 4.78 is 58.4. The van der Waals surface area contributed by atoms with Crippen LogP contribution in [0.15, 0.2) is 28.7 Å². The highest BCUT2D eigenvalue weighted by Crippen LogP contribution is 2.40. The molecule has 1 aromatic carbocycles. The number of halogens is 5. The molecular formula is C20H23BrF4N2O2S. The first-order valence-electron chi connectivity index (χ1n) is 9.16.